The zero-order chi connectivity index (χ0) is 17.0. The van der Waals surface area contributed by atoms with E-state index in [0.29, 0.717) is 10.7 Å². The van der Waals surface area contributed by atoms with Crippen LogP contribution < -0.4 is 5.32 Å². The monoisotopic (exact) mass is 415 g/mol. The third kappa shape index (κ3) is 5.06. The standard InChI is InChI=1S/C16H15BrClNO3S/c1-11-2-5-13(18)10-15(11)19-16(20)8-9-23(21,22)14-6-3-12(17)4-7-14/h2-7,10H,8-9H2,1H3,(H,19,20). The molecule has 0 heterocycles. The van der Waals surface area contributed by atoms with Gasteiger partial charge in [0.05, 0.1) is 10.6 Å². The molecule has 122 valence electrons. The van der Waals surface area contributed by atoms with E-state index < -0.39 is 9.84 Å². The van der Waals surface area contributed by atoms with Crippen LogP contribution in [0.4, 0.5) is 5.69 Å². The van der Waals surface area contributed by atoms with Crippen molar-refractivity contribution in [3.63, 3.8) is 0 Å². The molecule has 0 radical (unpaired) electrons. The third-order valence-electron chi connectivity index (χ3n) is 3.24. The van der Waals surface area contributed by atoms with Crippen LogP contribution in [-0.4, -0.2) is 20.1 Å². The zero-order valence-electron chi connectivity index (χ0n) is 12.3. The number of amides is 1. The van der Waals surface area contributed by atoms with Crippen LogP contribution in [-0.2, 0) is 14.6 Å². The lowest BCUT2D eigenvalue weighted by Gasteiger charge is -2.09. The number of halogens is 2. The fourth-order valence-corrected chi connectivity index (χ4v) is 3.61. The molecule has 7 heteroatoms. The molecule has 0 saturated heterocycles. The highest BCUT2D eigenvalue weighted by Crippen LogP contribution is 2.21. The Morgan fingerprint density at radius 3 is 2.48 bits per heavy atom. The summed E-state index contributed by atoms with van der Waals surface area (Å²) in [5.74, 6) is -0.615. The maximum atomic E-state index is 12.2. The van der Waals surface area contributed by atoms with Crippen molar-refractivity contribution in [2.75, 3.05) is 11.1 Å². The van der Waals surface area contributed by atoms with Crippen molar-refractivity contribution in [1.29, 1.82) is 0 Å². The lowest BCUT2D eigenvalue weighted by molar-refractivity contribution is -0.115. The summed E-state index contributed by atoms with van der Waals surface area (Å²) in [6, 6.07) is 11.5. The molecule has 1 amide bonds. The van der Waals surface area contributed by atoms with Crippen molar-refractivity contribution in [2.24, 2.45) is 0 Å². The second-order valence-corrected chi connectivity index (χ2v) is 8.49. The Bertz CT molecular complexity index is 820. The number of rotatable bonds is 5. The van der Waals surface area contributed by atoms with Gasteiger partial charge in [-0.05, 0) is 48.9 Å². The van der Waals surface area contributed by atoms with E-state index >= 15 is 0 Å². The molecule has 0 fully saturated rings. The Morgan fingerprint density at radius 2 is 1.83 bits per heavy atom. The van der Waals surface area contributed by atoms with E-state index in [9.17, 15) is 13.2 Å². The van der Waals surface area contributed by atoms with Crippen LogP contribution in [0.25, 0.3) is 0 Å². The number of aryl methyl sites for hydroxylation is 1. The van der Waals surface area contributed by atoms with Crippen LogP contribution in [0.1, 0.15) is 12.0 Å². The predicted molar refractivity (Wildman–Crippen MR) is 95.6 cm³/mol. The van der Waals surface area contributed by atoms with Gasteiger partial charge in [0, 0.05) is 21.6 Å². The van der Waals surface area contributed by atoms with Crippen LogP contribution in [0.3, 0.4) is 0 Å². The van der Waals surface area contributed by atoms with Crippen molar-refractivity contribution in [2.45, 2.75) is 18.2 Å². The first kappa shape index (κ1) is 18.0. The number of nitrogens with one attached hydrogen (secondary N) is 1. The number of hydrogen-bond donors (Lipinski definition) is 1. The van der Waals surface area contributed by atoms with Crippen LogP contribution in [0.15, 0.2) is 51.8 Å². The SMILES string of the molecule is Cc1ccc(Cl)cc1NC(=O)CCS(=O)(=O)c1ccc(Br)cc1. The first-order chi connectivity index (χ1) is 10.8. The van der Waals surface area contributed by atoms with Gasteiger partial charge < -0.3 is 5.32 Å². The molecule has 0 aromatic heterocycles. The molecule has 2 rings (SSSR count). The highest BCUT2D eigenvalue weighted by molar-refractivity contribution is 9.10. The highest BCUT2D eigenvalue weighted by atomic mass is 79.9. The van der Waals surface area contributed by atoms with E-state index in [2.05, 4.69) is 21.2 Å². The molecule has 0 atom stereocenters. The van der Waals surface area contributed by atoms with Crippen molar-refractivity contribution < 1.29 is 13.2 Å². The quantitative estimate of drug-likeness (QED) is 0.794. The van der Waals surface area contributed by atoms with Crippen LogP contribution in [0.2, 0.25) is 5.02 Å². The van der Waals surface area contributed by atoms with Gasteiger partial charge in [0.1, 0.15) is 0 Å². The number of benzene rings is 2. The van der Waals surface area contributed by atoms with Gasteiger partial charge in [0.25, 0.3) is 0 Å². The molecular formula is C16H15BrClNO3S. The lowest BCUT2D eigenvalue weighted by atomic mass is 10.2. The largest absolute Gasteiger partial charge is 0.326 e. The van der Waals surface area contributed by atoms with Crippen molar-refractivity contribution in [1.82, 2.24) is 0 Å². The molecule has 0 aliphatic heterocycles. The zero-order valence-corrected chi connectivity index (χ0v) is 15.5. The number of carbonyl (C=O) groups is 1. The highest BCUT2D eigenvalue weighted by Gasteiger charge is 2.16. The summed E-state index contributed by atoms with van der Waals surface area (Å²) in [6.07, 6.45) is -0.121. The predicted octanol–water partition coefficient (Wildman–Crippen LogP) is 4.21. The maximum Gasteiger partial charge on any atom is 0.225 e. The third-order valence-corrected chi connectivity index (χ3v) is 5.74. The molecular weight excluding hydrogens is 402 g/mol. The Balaban J connectivity index is 2.01. The fraction of sp³-hybridized carbons (Fsp3) is 0.188. The molecule has 4 nitrogen and oxygen atoms in total. The van der Waals surface area contributed by atoms with E-state index in [1.165, 1.54) is 12.1 Å². The molecule has 0 unspecified atom stereocenters. The molecule has 0 bridgehead atoms. The molecule has 0 aliphatic carbocycles. The van der Waals surface area contributed by atoms with Gasteiger partial charge >= 0.3 is 0 Å². The van der Waals surface area contributed by atoms with Gasteiger partial charge in [-0.25, -0.2) is 8.42 Å². The summed E-state index contributed by atoms with van der Waals surface area (Å²) >= 11 is 9.15. The minimum Gasteiger partial charge on any atom is -0.326 e. The molecule has 2 aromatic carbocycles. The number of sulfone groups is 1. The first-order valence-corrected chi connectivity index (χ1v) is 9.64. The number of carbonyl (C=O) groups excluding carboxylic acids is 1. The average Bonchev–Trinajstić information content (AvgIpc) is 2.49. The normalized spacial score (nSPS) is 11.3. The second-order valence-electron chi connectivity index (χ2n) is 5.03. The van der Waals surface area contributed by atoms with E-state index in [0.717, 1.165) is 10.0 Å². The number of hydrogen-bond acceptors (Lipinski definition) is 3. The van der Waals surface area contributed by atoms with Crippen molar-refractivity contribution >= 4 is 49.0 Å². The van der Waals surface area contributed by atoms with E-state index in [-0.39, 0.29) is 23.0 Å². The molecule has 1 N–H and O–H groups in total. The van der Waals surface area contributed by atoms with E-state index in [1.807, 2.05) is 6.92 Å². The molecule has 23 heavy (non-hydrogen) atoms. The summed E-state index contributed by atoms with van der Waals surface area (Å²) in [5.41, 5.74) is 1.45. The molecule has 0 spiro atoms. The van der Waals surface area contributed by atoms with Gasteiger partial charge in [0.15, 0.2) is 9.84 Å². The smallest absolute Gasteiger partial charge is 0.225 e. The lowest BCUT2D eigenvalue weighted by Crippen LogP contribution is -2.18. The summed E-state index contributed by atoms with van der Waals surface area (Å²) in [4.78, 5) is 12.2. The van der Waals surface area contributed by atoms with Gasteiger partial charge in [-0.1, -0.05) is 33.6 Å². The van der Waals surface area contributed by atoms with E-state index in [4.69, 9.17) is 11.6 Å². The van der Waals surface area contributed by atoms with Gasteiger partial charge in [-0.2, -0.15) is 0 Å². The Hall–Kier alpha value is -1.37. The first-order valence-electron chi connectivity index (χ1n) is 6.82. The van der Waals surface area contributed by atoms with E-state index in [1.54, 1.807) is 30.3 Å². The van der Waals surface area contributed by atoms with Gasteiger partial charge in [-0.3, -0.25) is 4.79 Å². The van der Waals surface area contributed by atoms with Crippen LogP contribution in [0, 0.1) is 6.92 Å². The minimum atomic E-state index is -3.49. The molecule has 0 saturated carbocycles. The second kappa shape index (κ2) is 7.47. The minimum absolute atomic E-state index is 0.121. The van der Waals surface area contributed by atoms with Gasteiger partial charge in [-0.15, -0.1) is 0 Å². The molecule has 0 aliphatic rings. The maximum absolute atomic E-state index is 12.2. The molecule has 2 aromatic rings. The van der Waals surface area contributed by atoms with Crippen molar-refractivity contribution in [3.8, 4) is 0 Å². The Labute approximate surface area is 148 Å². The van der Waals surface area contributed by atoms with Crippen LogP contribution >= 0.6 is 27.5 Å². The summed E-state index contributed by atoms with van der Waals surface area (Å²) in [6.45, 7) is 1.84. The fourth-order valence-electron chi connectivity index (χ4n) is 1.93. The summed E-state index contributed by atoms with van der Waals surface area (Å²) in [5, 5.41) is 3.20. The topological polar surface area (TPSA) is 63.2 Å². The van der Waals surface area contributed by atoms with Crippen molar-refractivity contribution in [3.05, 3.63) is 57.5 Å². The Morgan fingerprint density at radius 1 is 1.17 bits per heavy atom. The Kier molecular flexibility index (Phi) is 5.84. The van der Waals surface area contributed by atoms with Crippen LogP contribution in [0.5, 0.6) is 0 Å². The summed E-state index contributed by atoms with van der Waals surface area (Å²) in [7, 11) is -3.49. The number of anilines is 1. The summed E-state index contributed by atoms with van der Waals surface area (Å²) < 4.78 is 25.2. The average molecular weight is 417 g/mol. The van der Waals surface area contributed by atoms with Gasteiger partial charge in [0.2, 0.25) is 5.91 Å².